The monoisotopic (exact) mass is 430 g/mol. The third-order valence-electron chi connectivity index (χ3n) is 4.61. The predicted octanol–water partition coefficient (Wildman–Crippen LogP) is 5.88. The van der Waals surface area contributed by atoms with Crippen LogP contribution in [0, 0.1) is 0 Å². The van der Waals surface area contributed by atoms with Crippen molar-refractivity contribution in [3.05, 3.63) is 124 Å². The van der Waals surface area contributed by atoms with E-state index in [1.54, 1.807) is 28.2 Å². The van der Waals surface area contributed by atoms with Crippen LogP contribution < -0.4 is 5.56 Å². The smallest absolute Gasteiger partial charge is 0.266 e. The molecule has 0 radical (unpaired) electrons. The van der Waals surface area contributed by atoms with Gasteiger partial charge in [0.05, 0.1) is 17.6 Å². The lowest BCUT2D eigenvalue weighted by atomic mass is 10.2. The summed E-state index contributed by atoms with van der Waals surface area (Å²) in [7, 11) is 0. The van der Waals surface area contributed by atoms with Crippen LogP contribution >= 0.6 is 23.5 Å². The Bertz CT molecular complexity index is 1130. The molecule has 0 aliphatic heterocycles. The standard InChI is InChI=1S/C25H22N2OS2/c28-25-24(30-19-22-14-8-3-9-15-22)23(29-18-21-12-6-2-7-13-21)16-26-27(25)17-20-10-4-1-5-11-20/h1-16H,17-19H2. The highest BCUT2D eigenvalue weighted by molar-refractivity contribution is 8.01. The molecule has 0 fully saturated rings. The van der Waals surface area contributed by atoms with Gasteiger partial charge in [-0.15, -0.1) is 23.5 Å². The van der Waals surface area contributed by atoms with E-state index in [0.717, 1.165) is 26.9 Å². The van der Waals surface area contributed by atoms with Crippen LogP contribution in [-0.2, 0) is 18.1 Å². The maximum atomic E-state index is 13.3. The van der Waals surface area contributed by atoms with Crippen molar-refractivity contribution in [2.24, 2.45) is 0 Å². The maximum Gasteiger partial charge on any atom is 0.281 e. The van der Waals surface area contributed by atoms with Crippen molar-refractivity contribution in [2.75, 3.05) is 0 Å². The number of thioether (sulfide) groups is 2. The van der Waals surface area contributed by atoms with Gasteiger partial charge in [0.25, 0.3) is 5.56 Å². The minimum absolute atomic E-state index is 0.0298. The summed E-state index contributed by atoms with van der Waals surface area (Å²) in [6.07, 6.45) is 1.84. The molecule has 150 valence electrons. The molecule has 1 aromatic heterocycles. The van der Waals surface area contributed by atoms with E-state index in [2.05, 4.69) is 29.4 Å². The van der Waals surface area contributed by atoms with Gasteiger partial charge in [0.2, 0.25) is 0 Å². The van der Waals surface area contributed by atoms with E-state index in [-0.39, 0.29) is 5.56 Å². The summed E-state index contributed by atoms with van der Waals surface area (Å²) in [6.45, 7) is 0.474. The number of aromatic nitrogens is 2. The zero-order chi connectivity index (χ0) is 20.6. The topological polar surface area (TPSA) is 34.9 Å². The Morgan fingerprint density at radius 1 is 0.667 bits per heavy atom. The lowest BCUT2D eigenvalue weighted by Crippen LogP contribution is -2.25. The van der Waals surface area contributed by atoms with Crippen LogP contribution in [0.5, 0.6) is 0 Å². The molecule has 3 nitrogen and oxygen atoms in total. The summed E-state index contributed by atoms with van der Waals surface area (Å²) in [5.74, 6) is 1.56. The van der Waals surface area contributed by atoms with E-state index < -0.39 is 0 Å². The predicted molar refractivity (Wildman–Crippen MR) is 126 cm³/mol. The number of nitrogens with zero attached hydrogens (tertiary/aromatic N) is 2. The van der Waals surface area contributed by atoms with E-state index in [0.29, 0.717) is 6.54 Å². The molecule has 0 amide bonds. The molecule has 30 heavy (non-hydrogen) atoms. The first-order valence-corrected chi connectivity index (χ1v) is 11.7. The van der Waals surface area contributed by atoms with Crippen molar-refractivity contribution >= 4 is 23.5 Å². The lowest BCUT2D eigenvalue weighted by Gasteiger charge is -2.12. The Morgan fingerprint density at radius 2 is 1.17 bits per heavy atom. The second-order valence-corrected chi connectivity index (χ2v) is 8.84. The summed E-state index contributed by atoms with van der Waals surface area (Å²) in [4.78, 5) is 15.0. The fourth-order valence-electron chi connectivity index (χ4n) is 3.03. The first-order chi connectivity index (χ1) is 14.8. The number of benzene rings is 3. The summed E-state index contributed by atoms with van der Waals surface area (Å²) < 4.78 is 1.56. The summed E-state index contributed by atoms with van der Waals surface area (Å²) in [5, 5.41) is 4.47. The van der Waals surface area contributed by atoms with Gasteiger partial charge in [-0.1, -0.05) is 91.0 Å². The van der Waals surface area contributed by atoms with Gasteiger partial charge in [-0.05, 0) is 16.7 Å². The van der Waals surface area contributed by atoms with E-state index in [1.807, 2.05) is 72.9 Å². The van der Waals surface area contributed by atoms with Crippen molar-refractivity contribution in [1.82, 2.24) is 9.78 Å². The van der Waals surface area contributed by atoms with Crippen LogP contribution in [0.2, 0.25) is 0 Å². The van der Waals surface area contributed by atoms with Crippen LogP contribution in [0.3, 0.4) is 0 Å². The fourth-order valence-corrected chi connectivity index (χ4v) is 5.16. The van der Waals surface area contributed by atoms with Crippen molar-refractivity contribution < 1.29 is 0 Å². The molecular weight excluding hydrogens is 408 g/mol. The summed E-state index contributed by atoms with van der Waals surface area (Å²) >= 11 is 3.26. The Morgan fingerprint density at radius 3 is 1.73 bits per heavy atom. The Balaban J connectivity index is 1.60. The zero-order valence-electron chi connectivity index (χ0n) is 16.5. The van der Waals surface area contributed by atoms with Crippen molar-refractivity contribution in [1.29, 1.82) is 0 Å². The molecule has 0 bridgehead atoms. The van der Waals surface area contributed by atoms with Gasteiger partial charge in [-0.25, -0.2) is 4.68 Å². The molecule has 0 unspecified atom stereocenters. The Hall–Kier alpha value is -2.76. The van der Waals surface area contributed by atoms with E-state index in [1.165, 1.54) is 11.1 Å². The minimum atomic E-state index is -0.0298. The third-order valence-corrected chi connectivity index (χ3v) is 6.99. The molecule has 3 aromatic carbocycles. The van der Waals surface area contributed by atoms with Crippen LogP contribution in [0.4, 0.5) is 0 Å². The van der Waals surface area contributed by atoms with Gasteiger partial charge in [-0.2, -0.15) is 5.10 Å². The van der Waals surface area contributed by atoms with Gasteiger partial charge in [0.1, 0.15) is 0 Å². The zero-order valence-corrected chi connectivity index (χ0v) is 18.1. The van der Waals surface area contributed by atoms with Gasteiger partial charge >= 0.3 is 0 Å². The van der Waals surface area contributed by atoms with Crippen LogP contribution in [0.1, 0.15) is 16.7 Å². The largest absolute Gasteiger partial charge is 0.281 e. The average molecular weight is 431 g/mol. The third kappa shape index (κ3) is 5.43. The first-order valence-electron chi connectivity index (χ1n) is 9.77. The molecule has 0 N–H and O–H groups in total. The molecule has 0 saturated carbocycles. The molecular formula is C25H22N2OS2. The van der Waals surface area contributed by atoms with E-state index in [4.69, 9.17) is 0 Å². The van der Waals surface area contributed by atoms with Gasteiger partial charge < -0.3 is 0 Å². The van der Waals surface area contributed by atoms with Crippen molar-refractivity contribution in [3.63, 3.8) is 0 Å². The van der Waals surface area contributed by atoms with Crippen LogP contribution in [0.25, 0.3) is 0 Å². The highest BCUT2D eigenvalue weighted by atomic mass is 32.2. The first kappa shape index (κ1) is 20.5. The lowest BCUT2D eigenvalue weighted by molar-refractivity contribution is 0.612. The molecule has 0 atom stereocenters. The second kappa shape index (κ2) is 10.3. The molecule has 4 rings (SSSR count). The van der Waals surface area contributed by atoms with Crippen molar-refractivity contribution in [3.8, 4) is 0 Å². The summed E-state index contributed by atoms with van der Waals surface area (Å²) in [6, 6.07) is 30.5. The molecule has 0 saturated heterocycles. The molecule has 4 aromatic rings. The number of rotatable bonds is 8. The number of hydrogen-bond donors (Lipinski definition) is 0. The Kier molecular flexibility index (Phi) is 7.06. The second-order valence-electron chi connectivity index (χ2n) is 6.83. The molecule has 0 spiro atoms. The molecule has 0 aliphatic carbocycles. The van der Waals surface area contributed by atoms with E-state index in [9.17, 15) is 4.79 Å². The SMILES string of the molecule is O=c1c(SCc2ccccc2)c(SCc2ccccc2)cnn1Cc1ccccc1. The molecule has 5 heteroatoms. The highest BCUT2D eigenvalue weighted by Gasteiger charge is 2.14. The fraction of sp³-hybridized carbons (Fsp3) is 0.120. The van der Waals surface area contributed by atoms with Gasteiger partial charge in [0.15, 0.2) is 0 Å². The van der Waals surface area contributed by atoms with Crippen LogP contribution in [-0.4, -0.2) is 9.78 Å². The highest BCUT2D eigenvalue weighted by Crippen LogP contribution is 2.31. The molecule has 1 heterocycles. The maximum absolute atomic E-state index is 13.3. The van der Waals surface area contributed by atoms with Crippen LogP contribution in [0.15, 0.2) is 112 Å². The van der Waals surface area contributed by atoms with Gasteiger partial charge in [0, 0.05) is 16.4 Å². The average Bonchev–Trinajstić information content (AvgIpc) is 2.81. The normalized spacial score (nSPS) is 10.8. The number of hydrogen-bond acceptors (Lipinski definition) is 4. The van der Waals surface area contributed by atoms with Crippen molar-refractivity contribution in [2.45, 2.75) is 27.8 Å². The molecule has 0 aliphatic rings. The summed E-state index contributed by atoms with van der Waals surface area (Å²) in [5.41, 5.74) is 3.47. The minimum Gasteiger partial charge on any atom is -0.266 e. The van der Waals surface area contributed by atoms with Gasteiger partial charge in [-0.3, -0.25) is 4.79 Å². The quantitative estimate of drug-likeness (QED) is 0.327. The Labute approximate surface area is 185 Å². The van der Waals surface area contributed by atoms with E-state index >= 15 is 0 Å².